The molecule has 28 heavy (non-hydrogen) atoms. The highest BCUT2D eigenvalue weighted by atomic mass is 16.5. The molecule has 4 atom stereocenters. The molecule has 8 nitrogen and oxygen atoms in total. The first-order valence-corrected chi connectivity index (χ1v) is 9.61. The summed E-state index contributed by atoms with van der Waals surface area (Å²) in [5.74, 6) is 2.81. The van der Waals surface area contributed by atoms with E-state index < -0.39 is 0 Å². The highest BCUT2D eigenvalue weighted by molar-refractivity contribution is 5.82. The van der Waals surface area contributed by atoms with Crippen LogP contribution in [0, 0.1) is 12.8 Å². The van der Waals surface area contributed by atoms with E-state index in [0.717, 1.165) is 23.8 Å². The van der Waals surface area contributed by atoms with Gasteiger partial charge in [-0.3, -0.25) is 10.2 Å². The Hall–Kier alpha value is -2.39. The van der Waals surface area contributed by atoms with Crippen LogP contribution in [-0.2, 0) is 4.79 Å². The molecule has 0 aliphatic carbocycles. The fourth-order valence-corrected chi connectivity index (χ4v) is 3.80. The van der Waals surface area contributed by atoms with Gasteiger partial charge >= 0.3 is 0 Å². The maximum absolute atomic E-state index is 12.6. The van der Waals surface area contributed by atoms with Crippen LogP contribution in [-0.4, -0.2) is 32.1 Å². The van der Waals surface area contributed by atoms with E-state index >= 15 is 0 Å². The van der Waals surface area contributed by atoms with Crippen LogP contribution in [0.1, 0.15) is 35.6 Å². The molecule has 4 rings (SSSR count). The minimum Gasteiger partial charge on any atom is -0.497 e. The molecule has 1 aromatic heterocycles. The van der Waals surface area contributed by atoms with Gasteiger partial charge in [0.2, 0.25) is 5.91 Å². The maximum Gasteiger partial charge on any atom is 0.238 e. The molecule has 2 aliphatic rings. The summed E-state index contributed by atoms with van der Waals surface area (Å²) in [4.78, 5) is 12.6. The average molecular weight is 385 g/mol. The van der Waals surface area contributed by atoms with Crippen LogP contribution in [0.15, 0.2) is 40.8 Å². The number of carbonyl (C=O) groups is 1. The summed E-state index contributed by atoms with van der Waals surface area (Å²) in [7, 11) is 1.66. The average Bonchev–Trinajstić information content (AvgIpc) is 3.46. The summed E-state index contributed by atoms with van der Waals surface area (Å²) in [5, 5.41) is 3.09. The predicted octanol–water partition coefficient (Wildman–Crippen LogP) is 1.09. The second-order valence-electron chi connectivity index (χ2n) is 7.36. The molecule has 2 fully saturated rings. The van der Waals surface area contributed by atoms with Gasteiger partial charge in [-0.25, -0.2) is 16.3 Å². The van der Waals surface area contributed by atoms with Crippen molar-refractivity contribution in [3.8, 4) is 5.75 Å². The smallest absolute Gasteiger partial charge is 0.238 e. The molecule has 1 amide bonds. The van der Waals surface area contributed by atoms with Gasteiger partial charge in [-0.15, -0.1) is 0 Å². The molecule has 1 aromatic carbocycles. The lowest BCUT2D eigenvalue weighted by Gasteiger charge is -2.20. The van der Waals surface area contributed by atoms with Crippen molar-refractivity contribution >= 4 is 5.91 Å². The number of hydrazine groups is 2. The topological polar surface area (TPSA) is 99.6 Å². The lowest BCUT2D eigenvalue weighted by Crippen LogP contribution is -2.45. The van der Waals surface area contributed by atoms with Crippen molar-refractivity contribution in [3.63, 3.8) is 0 Å². The third-order valence-corrected chi connectivity index (χ3v) is 5.43. The molecule has 3 heterocycles. The van der Waals surface area contributed by atoms with E-state index in [1.165, 1.54) is 5.56 Å². The van der Waals surface area contributed by atoms with Gasteiger partial charge in [-0.1, -0.05) is 12.1 Å². The van der Waals surface area contributed by atoms with E-state index in [1.807, 2.05) is 31.2 Å². The van der Waals surface area contributed by atoms with Crippen molar-refractivity contribution in [2.24, 2.45) is 5.92 Å². The van der Waals surface area contributed by atoms with Gasteiger partial charge in [-0.05, 0) is 43.2 Å². The quantitative estimate of drug-likeness (QED) is 0.508. The first kappa shape index (κ1) is 18.9. The van der Waals surface area contributed by atoms with E-state index in [0.29, 0.717) is 13.0 Å². The Balaban J connectivity index is 1.30. The summed E-state index contributed by atoms with van der Waals surface area (Å²) in [6.07, 6.45) is 0.655. The van der Waals surface area contributed by atoms with Crippen LogP contribution in [0.3, 0.4) is 0 Å². The second kappa shape index (κ2) is 8.32. The standard InChI is InChI=1S/C20H27N5O3/c1-12-3-8-18(28-12)16-9-17(24-23-16)20(26)21-10-14-11-22-25-19(14)13-4-6-15(27-2)7-5-13/h3-8,14,16-17,19,22-25H,9-11H2,1-2H3,(H,21,26). The van der Waals surface area contributed by atoms with Crippen LogP contribution in [0.2, 0.25) is 0 Å². The minimum atomic E-state index is -0.280. The summed E-state index contributed by atoms with van der Waals surface area (Å²) in [6.45, 7) is 3.30. The number of rotatable bonds is 6. The number of hydrogen-bond acceptors (Lipinski definition) is 7. The summed E-state index contributed by atoms with van der Waals surface area (Å²) in [5.41, 5.74) is 13.9. The molecule has 8 heteroatoms. The molecule has 2 saturated heterocycles. The number of nitrogens with one attached hydrogen (secondary N) is 5. The van der Waals surface area contributed by atoms with Crippen molar-refractivity contribution in [2.45, 2.75) is 31.5 Å². The van der Waals surface area contributed by atoms with Crippen molar-refractivity contribution in [2.75, 3.05) is 20.2 Å². The van der Waals surface area contributed by atoms with Crippen molar-refractivity contribution < 1.29 is 13.9 Å². The van der Waals surface area contributed by atoms with Gasteiger partial charge in [0.05, 0.1) is 19.2 Å². The van der Waals surface area contributed by atoms with Crippen LogP contribution in [0.4, 0.5) is 0 Å². The zero-order valence-corrected chi connectivity index (χ0v) is 16.1. The summed E-state index contributed by atoms with van der Waals surface area (Å²) >= 11 is 0. The van der Waals surface area contributed by atoms with Crippen LogP contribution in [0.25, 0.3) is 0 Å². The molecule has 0 bridgehead atoms. The lowest BCUT2D eigenvalue weighted by molar-refractivity contribution is -0.123. The Morgan fingerprint density at radius 1 is 1.18 bits per heavy atom. The SMILES string of the molecule is COc1ccc(C2NNCC2CNC(=O)C2CC(c3ccc(C)o3)NN2)cc1. The zero-order valence-electron chi connectivity index (χ0n) is 16.1. The van der Waals surface area contributed by atoms with E-state index in [1.54, 1.807) is 7.11 Å². The van der Waals surface area contributed by atoms with Gasteiger partial charge < -0.3 is 14.5 Å². The number of benzene rings is 1. The first-order valence-electron chi connectivity index (χ1n) is 9.61. The molecule has 4 unspecified atom stereocenters. The van der Waals surface area contributed by atoms with Gasteiger partial charge in [0.25, 0.3) is 0 Å². The lowest BCUT2D eigenvalue weighted by atomic mass is 9.94. The predicted molar refractivity (Wildman–Crippen MR) is 104 cm³/mol. The normalized spacial score (nSPS) is 27.1. The largest absolute Gasteiger partial charge is 0.497 e. The number of amides is 1. The highest BCUT2D eigenvalue weighted by Gasteiger charge is 2.33. The number of carbonyl (C=O) groups excluding carboxylic acids is 1. The maximum atomic E-state index is 12.6. The molecule has 0 spiro atoms. The number of aryl methyl sites for hydroxylation is 1. The minimum absolute atomic E-state index is 0.00124. The molecule has 5 N–H and O–H groups in total. The zero-order chi connectivity index (χ0) is 19.5. The molecule has 150 valence electrons. The summed E-state index contributed by atoms with van der Waals surface area (Å²) in [6, 6.07) is 11.8. The molecular formula is C20H27N5O3. The Bertz CT molecular complexity index is 806. The summed E-state index contributed by atoms with van der Waals surface area (Å²) < 4.78 is 10.9. The van der Waals surface area contributed by atoms with Gasteiger partial charge in [-0.2, -0.15) is 0 Å². The number of furan rings is 1. The molecule has 0 radical (unpaired) electrons. The highest BCUT2D eigenvalue weighted by Crippen LogP contribution is 2.27. The van der Waals surface area contributed by atoms with Gasteiger partial charge in [0, 0.05) is 19.0 Å². The molecule has 2 aromatic rings. The van der Waals surface area contributed by atoms with Crippen LogP contribution >= 0.6 is 0 Å². The van der Waals surface area contributed by atoms with E-state index in [4.69, 9.17) is 9.15 Å². The number of methoxy groups -OCH3 is 1. The van der Waals surface area contributed by atoms with Crippen molar-refractivity contribution in [1.82, 2.24) is 27.0 Å². The monoisotopic (exact) mass is 385 g/mol. The fourth-order valence-electron chi connectivity index (χ4n) is 3.80. The first-order chi connectivity index (χ1) is 13.6. The fraction of sp³-hybridized carbons (Fsp3) is 0.450. The van der Waals surface area contributed by atoms with Gasteiger partial charge in [0.1, 0.15) is 23.3 Å². The third kappa shape index (κ3) is 4.05. The Morgan fingerprint density at radius 3 is 2.71 bits per heavy atom. The van der Waals surface area contributed by atoms with Crippen molar-refractivity contribution in [1.29, 1.82) is 0 Å². The molecular weight excluding hydrogens is 358 g/mol. The van der Waals surface area contributed by atoms with Crippen molar-refractivity contribution in [3.05, 3.63) is 53.5 Å². The second-order valence-corrected chi connectivity index (χ2v) is 7.36. The van der Waals surface area contributed by atoms with E-state index in [-0.39, 0.29) is 30.0 Å². The Morgan fingerprint density at radius 2 is 2.00 bits per heavy atom. The number of ether oxygens (including phenoxy) is 1. The number of hydrogen-bond donors (Lipinski definition) is 5. The third-order valence-electron chi connectivity index (χ3n) is 5.43. The van der Waals surface area contributed by atoms with Crippen LogP contribution < -0.4 is 31.8 Å². The van der Waals surface area contributed by atoms with E-state index in [9.17, 15) is 4.79 Å². The Labute approximate surface area is 164 Å². The molecule has 2 aliphatic heterocycles. The van der Waals surface area contributed by atoms with E-state index in [2.05, 4.69) is 39.2 Å². The molecule has 0 saturated carbocycles. The van der Waals surface area contributed by atoms with Gasteiger partial charge in [0.15, 0.2) is 0 Å². The Kier molecular flexibility index (Phi) is 5.63. The van der Waals surface area contributed by atoms with Crippen LogP contribution in [0.5, 0.6) is 5.75 Å².